The summed E-state index contributed by atoms with van der Waals surface area (Å²) in [4.78, 5) is 26.2. The SMILES string of the molecule is CCc1ccccc1C(=O)c1ccc2scc(C3CCC4CCCCN4CC3)c2c1.O=C(O)c1ccccc1. The predicted molar refractivity (Wildman–Crippen MR) is 160 cm³/mol. The summed E-state index contributed by atoms with van der Waals surface area (Å²) < 4.78 is 1.31. The van der Waals surface area contributed by atoms with Gasteiger partial charge in [-0.3, -0.25) is 4.79 Å². The van der Waals surface area contributed by atoms with Crippen LogP contribution in [0.3, 0.4) is 0 Å². The third-order valence-corrected chi connectivity index (χ3v) is 9.31. The number of piperidine rings is 1. The maximum Gasteiger partial charge on any atom is 0.335 e. The zero-order chi connectivity index (χ0) is 27.2. The van der Waals surface area contributed by atoms with Crippen LogP contribution < -0.4 is 0 Å². The van der Waals surface area contributed by atoms with E-state index in [0.29, 0.717) is 11.5 Å². The van der Waals surface area contributed by atoms with Crippen LogP contribution in [0, 0.1) is 0 Å². The number of ketones is 1. The quantitative estimate of drug-likeness (QED) is 0.260. The van der Waals surface area contributed by atoms with Crippen LogP contribution in [0.4, 0.5) is 0 Å². The van der Waals surface area contributed by atoms with Crippen LogP contribution >= 0.6 is 11.3 Å². The molecule has 0 radical (unpaired) electrons. The van der Waals surface area contributed by atoms with Crippen molar-refractivity contribution in [2.75, 3.05) is 13.1 Å². The largest absolute Gasteiger partial charge is 0.478 e. The first-order chi connectivity index (χ1) is 19.0. The van der Waals surface area contributed by atoms with E-state index in [1.165, 1.54) is 67.3 Å². The number of carboxylic acid groups (broad SMARTS) is 1. The highest BCUT2D eigenvalue weighted by molar-refractivity contribution is 7.17. The van der Waals surface area contributed by atoms with Gasteiger partial charge >= 0.3 is 5.97 Å². The standard InChI is InChI=1S/C27H31NOS.C7H6O2/c1-2-19-7-3-4-9-23(19)27(29)21-11-13-26-24(17-21)25(18-30-26)20-10-12-22-8-5-6-15-28(22)16-14-20;8-7(9)6-4-2-1-3-5-6/h3-4,7,9,11,13,17-18,20,22H,2,5-6,8,10,12,14-16H2,1H3;1-5H,(H,8,9). The van der Waals surface area contributed by atoms with Gasteiger partial charge in [-0.2, -0.15) is 0 Å². The van der Waals surface area contributed by atoms with Gasteiger partial charge in [0.15, 0.2) is 5.78 Å². The topological polar surface area (TPSA) is 57.6 Å². The van der Waals surface area contributed by atoms with Gasteiger partial charge in [-0.15, -0.1) is 11.3 Å². The molecular formula is C34H37NO3S. The summed E-state index contributed by atoms with van der Waals surface area (Å²) in [6, 6.07) is 23.5. The Morgan fingerprint density at radius 3 is 2.44 bits per heavy atom. The second-order valence-electron chi connectivity index (χ2n) is 10.7. The highest BCUT2D eigenvalue weighted by Gasteiger charge is 2.29. The fourth-order valence-corrected chi connectivity index (χ4v) is 7.17. The number of aryl methyl sites for hydroxylation is 1. The Kier molecular flexibility index (Phi) is 8.90. The molecule has 0 saturated carbocycles. The lowest BCUT2D eigenvalue weighted by atomic mass is 9.89. The van der Waals surface area contributed by atoms with E-state index in [9.17, 15) is 9.59 Å². The van der Waals surface area contributed by atoms with Crippen LogP contribution in [0.2, 0.25) is 0 Å². The van der Waals surface area contributed by atoms with Gasteiger partial charge in [-0.05, 0) is 110 Å². The molecule has 3 heterocycles. The van der Waals surface area contributed by atoms with E-state index in [1.807, 2.05) is 35.6 Å². The fraction of sp³-hybridized carbons (Fsp3) is 0.353. The first-order valence-corrected chi connectivity index (χ1v) is 15.1. The van der Waals surface area contributed by atoms with Gasteiger partial charge in [0.1, 0.15) is 0 Å². The van der Waals surface area contributed by atoms with Crippen LogP contribution in [-0.2, 0) is 6.42 Å². The normalized spacial score (nSPS) is 19.4. The maximum absolute atomic E-state index is 13.3. The average molecular weight is 540 g/mol. The summed E-state index contributed by atoms with van der Waals surface area (Å²) >= 11 is 1.84. The van der Waals surface area contributed by atoms with E-state index in [4.69, 9.17) is 5.11 Å². The lowest BCUT2D eigenvalue weighted by Crippen LogP contribution is -2.38. The summed E-state index contributed by atoms with van der Waals surface area (Å²) in [5.41, 5.74) is 4.62. The summed E-state index contributed by atoms with van der Waals surface area (Å²) in [5.74, 6) is -0.0993. The fourth-order valence-electron chi connectivity index (χ4n) is 6.14. The van der Waals surface area contributed by atoms with Gasteiger partial charge in [0, 0.05) is 21.9 Å². The zero-order valence-electron chi connectivity index (χ0n) is 22.6. The molecule has 4 nitrogen and oxygen atoms in total. The van der Waals surface area contributed by atoms with Gasteiger partial charge in [0.2, 0.25) is 0 Å². The second-order valence-corrected chi connectivity index (χ2v) is 11.6. The molecule has 6 rings (SSSR count). The molecule has 39 heavy (non-hydrogen) atoms. The number of nitrogens with zero attached hydrogens (tertiary/aromatic N) is 1. The number of carboxylic acids is 1. The summed E-state index contributed by atoms with van der Waals surface area (Å²) in [5, 5.41) is 12.1. The molecule has 2 atom stereocenters. The van der Waals surface area contributed by atoms with Gasteiger partial charge in [0.25, 0.3) is 0 Å². The number of aromatic carboxylic acids is 1. The van der Waals surface area contributed by atoms with Crippen molar-refractivity contribution < 1.29 is 14.7 Å². The molecule has 2 saturated heterocycles. The Morgan fingerprint density at radius 2 is 1.67 bits per heavy atom. The van der Waals surface area contributed by atoms with E-state index in [2.05, 4.69) is 35.4 Å². The number of rotatable bonds is 5. The van der Waals surface area contributed by atoms with Gasteiger partial charge in [0.05, 0.1) is 5.56 Å². The minimum atomic E-state index is -0.879. The summed E-state index contributed by atoms with van der Waals surface area (Å²) in [7, 11) is 0. The number of fused-ring (bicyclic) bond motifs is 2. The third kappa shape index (κ3) is 6.32. The molecule has 0 aliphatic carbocycles. The molecule has 5 heteroatoms. The van der Waals surface area contributed by atoms with Gasteiger partial charge in [-0.25, -0.2) is 4.79 Å². The molecule has 3 aromatic carbocycles. The molecule has 4 aromatic rings. The minimum Gasteiger partial charge on any atom is -0.478 e. The molecule has 0 amide bonds. The Balaban J connectivity index is 0.000000292. The monoisotopic (exact) mass is 539 g/mol. The number of carbonyl (C=O) groups is 2. The molecule has 1 aromatic heterocycles. The second kappa shape index (κ2) is 12.7. The number of benzene rings is 3. The van der Waals surface area contributed by atoms with Crippen molar-refractivity contribution in [2.24, 2.45) is 0 Å². The van der Waals surface area contributed by atoms with E-state index >= 15 is 0 Å². The van der Waals surface area contributed by atoms with E-state index in [1.54, 1.807) is 30.3 Å². The maximum atomic E-state index is 13.3. The van der Waals surface area contributed by atoms with Gasteiger partial charge < -0.3 is 10.0 Å². The lowest BCUT2D eigenvalue weighted by Gasteiger charge is -2.33. The van der Waals surface area contributed by atoms with Crippen LogP contribution in [0.5, 0.6) is 0 Å². The predicted octanol–water partition coefficient (Wildman–Crippen LogP) is 8.20. The van der Waals surface area contributed by atoms with E-state index < -0.39 is 5.97 Å². The number of hydrogen-bond acceptors (Lipinski definition) is 4. The first-order valence-electron chi connectivity index (χ1n) is 14.2. The van der Waals surface area contributed by atoms with Crippen molar-refractivity contribution in [3.05, 3.63) is 106 Å². The van der Waals surface area contributed by atoms with Crippen molar-refractivity contribution in [3.63, 3.8) is 0 Å². The number of thiophene rings is 1. The first kappa shape index (κ1) is 27.3. The molecule has 1 N–H and O–H groups in total. The van der Waals surface area contributed by atoms with Crippen molar-refractivity contribution >= 4 is 33.2 Å². The summed E-state index contributed by atoms with van der Waals surface area (Å²) in [6.07, 6.45) is 8.89. The average Bonchev–Trinajstić information content (AvgIpc) is 3.29. The van der Waals surface area contributed by atoms with Crippen LogP contribution in [0.25, 0.3) is 10.1 Å². The lowest BCUT2D eigenvalue weighted by molar-refractivity contribution is 0.0696. The molecule has 0 spiro atoms. The minimum absolute atomic E-state index is 0.157. The Morgan fingerprint density at radius 1 is 0.872 bits per heavy atom. The Labute approximate surface area is 235 Å². The van der Waals surface area contributed by atoms with Crippen LogP contribution in [-0.4, -0.2) is 40.9 Å². The van der Waals surface area contributed by atoms with Crippen molar-refractivity contribution in [1.82, 2.24) is 4.90 Å². The Hall–Kier alpha value is -3.28. The molecular weight excluding hydrogens is 502 g/mol. The third-order valence-electron chi connectivity index (χ3n) is 8.33. The summed E-state index contributed by atoms with van der Waals surface area (Å²) in [6.45, 7) is 4.64. The highest BCUT2D eigenvalue weighted by atomic mass is 32.1. The highest BCUT2D eigenvalue weighted by Crippen LogP contribution is 2.39. The number of hydrogen-bond donors (Lipinski definition) is 1. The van der Waals surface area contributed by atoms with Gasteiger partial charge in [-0.1, -0.05) is 55.8 Å². The molecule has 2 aliphatic heterocycles. The molecule has 202 valence electrons. The van der Waals surface area contributed by atoms with E-state index in [-0.39, 0.29) is 5.78 Å². The molecule has 2 unspecified atom stereocenters. The van der Waals surface area contributed by atoms with E-state index in [0.717, 1.165) is 29.2 Å². The molecule has 0 bridgehead atoms. The molecule has 2 fully saturated rings. The zero-order valence-corrected chi connectivity index (χ0v) is 23.5. The van der Waals surface area contributed by atoms with Crippen LogP contribution in [0.15, 0.2) is 78.2 Å². The van der Waals surface area contributed by atoms with Crippen molar-refractivity contribution in [2.45, 2.75) is 63.8 Å². The number of carbonyl (C=O) groups excluding carboxylic acids is 1. The smallest absolute Gasteiger partial charge is 0.335 e. The van der Waals surface area contributed by atoms with Crippen molar-refractivity contribution in [3.8, 4) is 0 Å². The van der Waals surface area contributed by atoms with Crippen molar-refractivity contribution in [1.29, 1.82) is 0 Å². The molecule has 2 aliphatic rings. The van der Waals surface area contributed by atoms with Crippen LogP contribution in [0.1, 0.15) is 88.8 Å². The Bertz CT molecular complexity index is 1410.